The van der Waals surface area contributed by atoms with E-state index in [0.717, 1.165) is 12.0 Å². The fourth-order valence-electron chi connectivity index (χ4n) is 2.11. The summed E-state index contributed by atoms with van der Waals surface area (Å²) in [6.07, 6.45) is 1.04. The third-order valence-electron chi connectivity index (χ3n) is 3.40. The van der Waals surface area contributed by atoms with Gasteiger partial charge < -0.3 is 5.32 Å². The van der Waals surface area contributed by atoms with Crippen molar-refractivity contribution in [1.29, 1.82) is 0 Å². The van der Waals surface area contributed by atoms with Gasteiger partial charge in [-0.15, -0.1) is 0 Å². The summed E-state index contributed by atoms with van der Waals surface area (Å²) in [6, 6.07) is 7.47. The minimum absolute atomic E-state index is 0.304. The molecule has 0 radical (unpaired) electrons. The van der Waals surface area contributed by atoms with Crippen molar-refractivity contribution in [1.82, 2.24) is 10.0 Å². The molecule has 1 aromatic rings. The first-order valence-electron chi connectivity index (χ1n) is 6.17. The molecule has 0 aliphatic carbocycles. The van der Waals surface area contributed by atoms with Gasteiger partial charge in [0.1, 0.15) is 0 Å². The van der Waals surface area contributed by atoms with Gasteiger partial charge in [-0.25, -0.2) is 13.1 Å². The second-order valence-corrected chi connectivity index (χ2v) is 6.26. The van der Waals surface area contributed by atoms with Crippen LogP contribution in [-0.4, -0.2) is 28.6 Å². The molecular weight excluding hydrogens is 248 g/mol. The molecule has 0 spiro atoms. The van der Waals surface area contributed by atoms with E-state index in [-0.39, 0.29) is 0 Å². The fourth-order valence-corrected chi connectivity index (χ4v) is 2.84. The number of sulfonamides is 1. The maximum absolute atomic E-state index is 11.6. The third kappa shape index (κ3) is 3.31. The monoisotopic (exact) mass is 270 g/mol. The first-order chi connectivity index (χ1) is 8.46. The van der Waals surface area contributed by atoms with Gasteiger partial charge in [-0.2, -0.15) is 0 Å². The van der Waals surface area contributed by atoms with Crippen molar-refractivity contribution in [3.8, 4) is 0 Å². The van der Waals surface area contributed by atoms with E-state index in [9.17, 15) is 8.42 Å². The third-order valence-corrected chi connectivity index (χ3v) is 4.83. The van der Waals surface area contributed by atoms with Gasteiger partial charge in [-0.3, -0.25) is 0 Å². The van der Waals surface area contributed by atoms with Crippen molar-refractivity contribution in [2.24, 2.45) is 0 Å². The van der Waals surface area contributed by atoms with Crippen LogP contribution in [0.25, 0.3) is 0 Å². The quantitative estimate of drug-likeness (QED) is 0.827. The number of benzene rings is 1. The molecule has 102 valence electrons. The predicted molar refractivity (Wildman–Crippen MR) is 74.2 cm³/mol. The van der Waals surface area contributed by atoms with Gasteiger partial charge in [0, 0.05) is 6.04 Å². The Labute approximate surface area is 110 Å². The van der Waals surface area contributed by atoms with Crippen LogP contribution in [0.3, 0.4) is 0 Å². The Bertz CT molecular complexity index is 464. The molecule has 2 unspecified atom stereocenters. The SMILES string of the molecule is CCC(NC)C(C)c1ccc(S(=O)(=O)NC)cc1. The lowest BCUT2D eigenvalue weighted by Crippen LogP contribution is -2.29. The van der Waals surface area contributed by atoms with Crippen molar-refractivity contribution in [2.75, 3.05) is 14.1 Å². The Hall–Kier alpha value is -0.910. The summed E-state index contributed by atoms with van der Waals surface area (Å²) in [5.74, 6) is 0.353. The van der Waals surface area contributed by atoms with Crippen LogP contribution >= 0.6 is 0 Å². The van der Waals surface area contributed by atoms with Crippen molar-refractivity contribution < 1.29 is 8.42 Å². The van der Waals surface area contributed by atoms with Gasteiger partial charge in [0.15, 0.2) is 0 Å². The van der Waals surface area contributed by atoms with E-state index in [1.54, 1.807) is 12.1 Å². The van der Waals surface area contributed by atoms with Crippen LogP contribution in [0, 0.1) is 0 Å². The van der Waals surface area contributed by atoms with E-state index in [0.29, 0.717) is 16.9 Å². The molecule has 5 heteroatoms. The number of hydrogen-bond donors (Lipinski definition) is 2. The van der Waals surface area contributed by atoms with Crippen LogP contribution in [0.2, 0.25) is 0 Å². The molecule has 0 saturated heterocycles. The van der Waals surface area contributed by atoms with E-state index >= 15 is 0 Å². The molecule has 1 aromatic carbocycles. The lowest BCUT2D eigenvalue weighted by molar-refractivity contribution is 0.472. The minimum Gasteiger partial charge on any atom is -0.316 e. The number of rotatable bonds is 6. The van der Waals surface area contributed by atoms with Crippen LogP contribution in [0.4, 0.5) is 0 Å². The Morgan fingerprint density at radius 2 is 1.72 bits per heavy atom. The second kappa shape index (κ2) is 6.31. The maximum Gasteiger partial charge on any atom is 0.240 e. The normalized spacial score (nSPS) is 15.3. The molecule has 18 heavy (non-hydrogen) atoms. The van der Waals surface area contributed by atoms with Gasteiger partial charge in [-0.1, -0.05) is 26.0 Å². The molecule has 0 amide bonds. The summed E-state index contributed by atoms with van der Waals surface area (Å²) in [7, 11) is 0.0279. The van der Waals surface area contributed by atoms with Gasteiger partial charge in [-0.05, 0) is 44.1 Å². The van der Waals surface area contributed by atoms with Gasteiger partial charge in [0.05, 0.1) is 4.90 Å². The molecule has 2 atom stereocenters. The van der Waals surface area contributed by atoms with E-state index in [1.165, 1.54) is 7.05 Å². The zero-order chi connectivity index (χ0) is 13.8. The lowest BCUT2D eigenvalue weighted by atomic mass is 9.92. The zero-order valence-electron chi connectivity index (χ0n) is 11.4. The summed E-state index contributed by atoms with van der Waals surface area (Å²) in [6.45, 7) is 4.28. The minimum atomic E-state index is -3.34. The van der Waals surface area contributed by atoms with Crippen molar-refractivity contribution in [3.05, 3.63) is 29.8 Å². The van der Waals surface area contributed by atoms with Crippen molar-refractivity contribution in [3.63, 3.8) is 0 Å². The first kappa shape index (κ1) is 15.1. The van der Waals surface area contributed by atoms with E-state index in [4.69, 9.17) is 0 Å². The van der Waals surface area contributed by atoms with Gasteiger partial charge >= 0.3 is 0 Å². The Kier molecular flexibility index (Phi) is 5.31. The van der Waals surface area contributed by atoms with Crippen LogP contribution in [0.5, 0.6) is 0 Å². The molecule has 0 fully saturated rings. The molecular formula is C13H22N2O2S. The van der Waals surface area contributed by atoms with E-state index in [1.807, 2.05) is 19.2 Å². The average molecular weight is 270 g/mol. The first-order valence-corrected chi connectivity index (χ1v) is 7.65. The molecule has 0 heterocycles. The van der Waals surface area contributed by atoms with Crippen molar-refractivity contribution >= 4 is 10.0 Å². The highest BCUT2D eigenvalue weighted by Gasteiger charge is 2.17. The van der Waals surface area contributed by atoms with Crippen LogP contribution < -0.4 is 10.0 Å². The topological polar surface area (TPSA) is 58.2 Å². The summed E-state index contributed by atoms with van der Waals surface area (Å²) >= 11 is 0. The highest BCUT2D eigenvalue weighted by molar-refractivity contribution is 7.89. The number of nitrogens with one attached hydrogen (secondary N) is 2. The Balaban J connectivity index is 2.96. The summed E-state index contributed by atoms with van der Waals surface area (Å²) in [4.78, 5) is 0.304. The zero-order valence-corrected chi connectivity index (χ0v) is 12.2. The molecule has 0 aliphatic rings. The van der Waals surface area contributed by atoms with Gasteiger partial charge in [0.25, 0.3) is 0 Å². The molecule has 0 aliphatic heterocycles. The molecule has 1 rings (SSSR count). The predicted octanol–water partition coefficient (Wildman–Crippen LogP) is 1.70. The van der Waals surface area contributed by atoms with Crippen LogP contribution in [0.15, 0.2) is 29.2 Å². The number of likely N-dealkylation sites (N-methyl/N-ethyl adjacent to an activating group) is 1. The molecule has 0 bridgehead atoms. The molecule has 0 saturated carbocycles. The highest BCUT2D eigenvalue weighted by Crippen LogP contribution is 2.22. The smallest absolute Gasteiger partial charge is 0.240 e. The molecule has 2 N–H and O–H groups in total. The van der Waals surface area contributed by atoms with Crippen LogP contribution in [0.1, 0.15) is 31.7 Å². The average Bonchev–Trinajstić information content (AvgIpc) is 2.40. The van der Waals surface area contributed by atoms with E-state index in [2.05, 4.69) is 23.9 Å². The van der Waals surface area contributed by atoms with Gasteiger partial charge in [0.2, 0.25) is 10.0 Å². The largest absolute Gasteiger partial charge is 0.316 e. The maximum atomic E-state index is 11.6. The van der Waals surface area contributed by atoms with Crippen molar-refractivity contribution in [2.45, 2.75) is 37.1 Å². The standard InChI is InChI=1S/C13H22N2O2S/c1-5-13(14-3)10(2)11-6-8-12(9-7-11)18(16,17)15-4/h6-10,13-15H,5H2,1-4H3. The Morgan fingerprint density at radius 1 is 1.17 bits per heavy atom. The highest BCUT2D eigenvalue weighted by atomic mass is 32.2. The Morgan fingerprint density at radius 3 is 2.11 bits per heavy atom. The van der Waals surface area contributed by atoms with E-state index < -0.39 is 10.0 Å². The summed E-state index contributed by atoms with van der Waals surface area (Å²) in [5, 5.41) is 3.28. The summed E-state index contributed by atoms with van der Waals surface area (Å²) in [5.41, 5.74) is 1.14. The fraction of sp³-hybridized carbons (Fsp3) is 0.538. The molecule has 4 nitrogen and oxygen atoms in total. The number of hydrogen-bond acceptors (Lipinski definition) is 3. The lowest BCUT2D eigenvalue weighted by Gasteiger charge is -2.22. The molecule has 0 aromatic heterocycles. The van der Waals surface area contributed by atoms with Crippen LogP contribution in [-0.2, 0) is 10.0 Å². The second-order valence-electron chi connectivity index (χ2n) is 4.37. The summed E-state index contributed by atoms with van der Waals surface area (Å²) < 4.78 is 25.5.